The number of nitrogens with one attached hydrogen (secondary N) is 1. The zero-order valence-electron chi connectivity index (χ0n) is 11.7. The highest BCUT2D eigenvalue weighted by molar-refractivity contribution is 9.10. The Kier molecular flexibility index (Phi) is 4.83. The first-order chi connectivity index (χ1) is 9.47. The first-order valence-corrected chi connectivity index (χ1v) is 7.52. The molecule has 1 unspecified atom stereocenters. The summed E-state index contributed by atoms with van der Waals surface area (Å²) >= 11 is 3.46. The molecular formula is C15H20BrN3O. The molecule has 0 radical (unpaired) electrons. The molecule has 1 aromatic carbocycles. The minimum Gasteiger partial charge on any atom is -0.396 e. The fourth-order valence-electron chi connectivity index (χ4n) is 2.22. The van der Waals surface area contributed by atoms with Crippen LogP contribution in [0.4, 0.5) is 11.4 Å². The molecule has 5 heteroatoms. The minimum atomic E-state index is -0.384. The van der Waals surface area contributed by atoms with E-state index in [2.05, 4.69) is 40.1 Å². The normalized spacial score (nSPS) is 12.8. The molecule has 0 amide bonds. The number of nitrogens with zero attached hydrogens (tertiary/aromatic N) is 1. The summed E-state index contributed by atoms with van der Waals surface area (Å²) in [6.07, 6.45) is 2.03. The van der Waals surface area contributed by atoms with Gasteiger partial charge in [-0.25, -0.2) is 0 Å². The number of hydrogen-bond acceptors (Lipinski definition) is 4. The lowest BCUT2D eigenvalue weighted by Gasteiger charge is -2.17. The number of hydrogen-bond donors (Lipinski definition) is 3. The Hall–Kier alpha value is -1.33. The molecule has 1 aromatic heterocycles. The van der Waals surface area contributed by atoms with Crippen LogP contribution >= 0.6 is 15.9 Å². The van der Waals surface area contributed by atoms with Gasteiger partial charge in [0, 0.05) is 16.4 Å². The molecule has 1 heterocycles. The van der Waals surface area contributed by atoms with Crippen molar-refractivity contribution >= 4 is 38.2 Å². The Bertz CT molecular complexity index is 596. The molecule has 2 rings (SSSR count). The highest BCUT2D eigenvalue weighted by Crippen LogP contribution is 2.30. The summed E-state index contributed by atoms with van der Waals surface area (Å²) in [5, 5.41) is 14.2. The number of nitrogens with two attached hydrogens (primary N) is 1. The summed E-state index contributed by atoms with van der Waals surface area (Å²) < 4.78 is 0.975. The third kappa shape index (κ3) is 3.61. The van der Waals surface area contributed by atoms with Crippen molar-refractivity contribution in [1.82, 2.24) is 4.98 Å². The summed E-state index contributed by atoms with van der Waals surface area (Å²) in [6.45, 7) is 4.67. The third-order valence-corrected chi connectivity index (χ3v) is 3.61. The second-order valence-corrected chi connectivity index (χ2v) is 6.33. The van der Waals surface area contributed by atoms with E-state index in [0.717, 1.165) is 27.5 Å². The van der Waals surface area contributed by atoms with Gasteiger partial charge in [0.15, 0.2) is 0 Å². The van der Waals surface area contributed by atoms with Gasteiger partial charge in [0.25, 0.3) is 0 Å². The zero-order chi connectivity index (χ0) is 14.7. The highest BCUT2D eigenvalue weighted by atomic mass is 79.9. The number of anilines is 2. The highest BCUT2D eigenvalue weighted by Gasteiger charge is 2.11. The average Bonchev–Trinajstić information content (AvgIpc) is 2.36. The maximum Gasteiger partial charge on any atom is 0.0743 e. The van der Waals surface area contributed by atoms with Crippen LogP contribution in [-0.4, -0.2) is 22.7 Å². The van der Waals surface area contributed by atoms with E-state index in [1.165, 1.54) is 0 Å². The van der Waals surface area contributed by atoms with Crippen molar-refractivity contribution in [3.8, 4) is 0 Å². The molecule has 0 aliphatic heterocycles. The fraction of sp³-hybridized carbons (Fsp3) is 0.400. The predicted molar refractivity (Wildman–Crippen MR) is 87.8 cm³/mol. The van der Waals surface area contributed by atoms with Crippen molar-refractivity contribution in [3.63, 3.8) is 0 Å². The van der Waals surface area contributed by atoms with Gasteiger partial charge in [0.1, 0.15) is 0 Å². The van der Waals surface area contributed by atoms with Gasteiger partial charge >= 0.3 is 0 Å². The van der Waals surface area contributed by atoms with Gasteiger partial charge in [0.2, 0.25) is 0 Å². The number of pyridine rings is 1. The van der Waals surface area contributed by atoms with Crippen LogP contribution in [0.5, 0.6) is 0 Å². The van der Waals surface area contributed by atoms with Crippen molar-refractivity contribution in [2.24, 2.45) is 5.92 Å². The summed E-state index contributed by atoms with van der Waals surface area (Å²) in [7, 11) is 0. The van der Waals surface area contributed by atoms with Crippen LogP contribution < -0.4 is 11.1 Å². The van der Waals surface area contributed by atoms with Crippen LogP contribution in [0.25, 0.3) is 10.9 Å². The summed E-state index contributed by atoms with van der Waals surface area (Å²) in [5.41, 5.74) is 8.30. The van der Waals surface area contributed by atoms with Crippen molar-refractivity contribution in [3.05, 3.63) is 28.9 Å². The molecule has 0 fully saturated rings. The lowest BCUT2D eigenvalue weighted by molar-refractivity contribution is 0.161. The largest absolute Gasteiger partial charge is 0.396 e. The van der Waals surface area contributed by atoms with Gasteiger partial charge < -0.3 is 16.2 Å². The maximum atomic E-state index is 9.97. The van der Waals surface area contributed by atoms with E-state index in [1.54, 1.807) is 6.20 Å². The molecule has 2 aromatic rings. The van der Waals surface area contributed by atoms with Gasteiger partial charge in [-0.05, 0) is 30.5 Å². The smallest absolute Gasteiger partial charge is 0.0743 e. The number of aromatic nitrogens is 1. The van der Waals surface area contributed by atoms with Gasteiger partial charge in [-0.2, -0.15) is 0 Å². The van der Waals surface area contributed by atoms with Gasteiger partial charge in [0.05, 0.1) is 29.2 Å². The number of halogens is 1. The Balaban J connectivity index is 2.24. The van der Waals surface area contributed by atoms with E-state index in [0.29, 0.717) is 18.2 Å². The van der Waals surface area contributed by atoms with Crippen molar-refractivity contribution in [2.75, 3.05) is 17.6 Å². The van der Waals surface area contributed by atoms with E-state index >= 15 is 0 Å². The van der Waals surface area contributed by atoms with Crippen molar-refractivity contribution in [1.29, 1.82) is 0 Å². The molecule has 1 atom stereocenters. The van der Waals surface area contributed by atoms with E-state index < -0.39 is 0 Å². The van der Waals surface area contributed by atoms with Crippen LogP contribution in [0.3, 0.4) is 0 Å². The summed E-state index contributed by atoms with van der Waals surface area (Å²) in [4.78, 5) is 4.31. The van der Waals surface area contributed by atoms with Crippen molar-refractivity contribution in [2.45, 2.75) is 26.4 Å². The van der Waals surface area contributed by atoms with Gasteiger partial charge in [-0.15, -0.1) is 0 Å². The first kappa shape index (κ1) is 15.1. The van der Waals surface area contributed by atoms with E-state index in [-0.39, 0.29) is 6.10 Å². The molecule has 0 aliphatic rings. The van der Waals surface area contributed by atoms with Crippen LogP contribution in [-0.2, 0) is 0 Å². The lowest BCUT2D eigenvalue weighted by Crippen LogP contribution is -2.21. The van der Waals surface area contributed by atoms with Gasteiger partial charge in [-0.3, -0.25) is 4.98 Å². The molecule has 108 valence electrons. The molecule has 0 saturated carbocycles. The number of nitrogen functional groups attached to an aromatic ring is 1. The maximum absolute atomic E-state index is 9.97. The molecule has 4 nitrogen and oxygen atoms in total. The standard InChI is InChI=1S/C15H20BrN3O/c1-9(2)5-11(20)7-19-15-12-6-10(16)3-4-14(12)18-8-13(15)17/h3-4,6,8-9,11,20H,5,7,17H2,1-2H3,(H,18,19). The predicted octanol–water partition coefficient (Wildman–Crippen LogP) is 3.40. The van der Waals surface area contributed by atoms with E-state index in [1.807, 2.05) is 18.2 Å². The molecule has 4 N–H and O–H groups in total. The van der Waals surface area contributed by atoms with Crippen molar-refractivity contribution < 1.29 is 5.11 Å². The topological polar surface area (TPSA) is 71.2 Å². The number of benzene rings is 1. The Morgan fingerprint density at radius 3 is 2.85 bits per heavy atom. The summed E-state index contributed by atoms with van der Waals surface area (Å²) in [5.74, 6) is 0.465. The molecule has 20 heavy (non-hydrogen) atoms. The number of fused-ring (bicyclic) bond motifs is 1. The van der Waals surface area contributed by atoms with E-state index in [9.17, 15) is 5.11 Å². The average molecular weight is 338 g/mol. The molecule has 0 aliphatic carbocycles. The molecule has 0 saturated heterocycles. The van der Waals surface area contributed by atoms with Crippen LogP contribution in [0.1, 0.15) is 20.3 Å². The Morgan fingerprint density at radius 1 is 1.40 bits per heavy atom. The number of aliphatic hydroxyl groups is 1. The van der Waals surface area contributed by atoms with Crippen LogP contribution in [0.2, 0.25) is 0 Å². The quantitative estimate of drug-likeness (QED) is 0.781. The molecular weight excluding hydrogens is 318 g/mol. The first-order valence-electron chi connectivity index (χ1n) is 6.73. The Labute approximate surface area is 127 Å². The second-order valence-electron chi connectivity index (χ2n) is 5.41. The molecule has 0 bridgehead atoms. The lowest BCUT2D eigenvalue weighted by atomic mass is 10.1. The number of rotatable bonds is 5. The monoisotopic (exact) mass is 337 g/mol. The zero-order valence-corrected chi connectivity index (χ0v) is 13.3. The SMILES string of the molecule is CC(C)CC(O)CNc1c(N)cnc2ccc(Br)cc12. The second kappa shape index (κ2) is 6.41. The fourth-order valence-corrected chi connectivity index (χ4v) is 2.59. The van der Waals surface area contributed by atoms with Gasteiger partial charge in [-0.1, -0.05) is 29.8 Å². The van der Waals surface area contributed by atoms with Crippen LogP contribution in [0, 0.1) is 5.92 Å². The molecule has 0 spiro atoms. The van der Waals surface area contributed by atoms with Crippen LogP contribution in [0.15, 0.2) is 28.9 Å². The summed E-state index contributed by atoms with van der Waals surface area (Å²) in [6, 6.07) is 5.87. The minimum absolute atomic E-state index is 0.384. The third-order valence-electron chi connectivity index (χ3n) is 3.12. The van der Waals surface area contributed by atoms with E-state index in [4.69, 9.17) is 5.73 Å². The number of aliphatic hydroxyl groups excluding tert-OH is 1. The Morgan fingerprint density at radius 2 is 2.15 bits per heavy atom.